The number of urea groups is 1. The monoisotopic (exact) mass is 538 g/mol. The van der Waals surface area contributed by atoms with Gasteiger partial charge in [0.2, 0.25) is 0 Å². The SMILES string of the molecule is CCOC(=O)C1=C(CN2CCN(C(=O)c3ccc(C)cc3)[C@H](C)C2)N(CC)C(=O)N[C@@H]1c1ccc(Cl)cc1. The lowest BCUT2D eigenvalue weighted by atomic mass is 9.94. The maximum atomic E-state index is 13.3. The first-order valence-corrected chi connectivity index (χ1v) is 13.4. The zero-order valence-electron chi connectivity index (χ0n) is 22.4. The van der Waals surface area contributed by atoms with Gasteiger partial charge in [0.1, 0.15) is 0 Å². The van der Waals surface area contributed by atoms with Gasteiger partial charge in [0, 0.05) is 55.0 Å². The fourth-order valence-electron chi connectivity index (χ4n) is 5.12. The normalized spacial score (nSPS) is 20.4. The van der Waals surface area contributed by atoms with E-state index < -0.39 is 12.0 Å². The molecule has 38 heavy (non-hydrogen) atoms. The van der Waals surface area contributed by atoms with Crippen LogP contribution in [0.25, 0.3) is 0 Å². The van der Waals surface area contributed by atoms with Gasteiger partial charge in [0.05, 0.1) is 18.2 Å². The van der Waals surface area contributed by atoms with Gasteiger partial charge in [-0.3, -0.25) is 14.6 Å². The third kappa shape index (κ3) is 5.87. The summed E-state index contributed by atoms with van der Waals surface area (Å²) in [6.45, 7) is 10.5. The zero-order chi connectivity index (χ0) is 27.4. The van der Waals surface area contributed by atoms with E-state index in [0.717, 1.165) is 11.1 Å². The van der Waals surface area contributed by atoms with Crippen LogP contribution >= 0.6 is 11.6 Å². The van der Waals surface area contributed by atoms with E-state index in [9.17, 15) is 14.4 Å². The highest BCUT2D eigenvalue weighted by atomic mass is 35.5. The first-order chi connectivity index (χ1) is 18.2. The van der Waals surface area contributed by atoms with Crippen molar-refractivity contribution < 1.29 is 19.1 Å². The molecule has 0 saturated carbocycles. The zero-order valence-corrected chi connectivity index (χ0v) is 23.1. The lowest BCUT2D eigenvalue weighted by molar-refractivity contribution is -0.139. The van der Waals surface area contributed by atoms with Crippen molar-refractivity contribution >= 4 is 29.5 Å². The molecule has 0 bridgehead atoms. The summed E-state index contributed by atoms with van der Waals surface area (Å²) in [5, 5.41) is 3.55. The van der Waals surface area contributed by atoms with Gasteiger partial charge in [-0.2, -0.15) is 0 Å². The van der Waals surface area contributed by atoms with Gasteiger partial charge in [-0.1, -0.05) is 41.4 Å². The summed E-state index contributed by atoms with van der Waals surface area (Å²) in [6.07, 6.45) is 0. The van der Waals surface area contributed by atoms with Gasteiger partial charge in [0.25, 0.3) is 5.91 Å². The molecule has 0 aliphatic carbocycles. The van der Waals surface area contributed by atoms with Crippen molar-refractivity contribution in [2.45, 2.75) is 39.8 Å². The number of esters is 1. The number of rotatable bonds is 7. The van der Waals surface area contributed by atoms with Gasteiger partial charge < -0.3 is 15.0 Å². The topological polar surface area (TPSA) is 82.2 Å². The minimum Gasteiger partial charge on any atom is -0.463 e. The smallest absolute Gasteiger partial charge is 0.338 e. The van der Waals surface area contributed by atoms with Crippen LogP contribution in [0.15, 0.2) is 59.8 Å². The van der Waals surface area contributed by atoms with Crippen molar-refractivity contribution in [1.29, 1.82) is 0 Å². The van der Waals surface area contributed by atoms with E-state index in [-0.39, 0.29) is 24.6 Å². The molecule has 2 atom stereocenters. The highest BCUT2D eigenvalue weighted by Gasteiger charge is 2.39. The van der Waals surface area contributed by atoms with Crippen molar-refractivity contribution in [3.8, 4) is 0 Å². The lowest BCUT2D eigenvalue weighted by Gasteiger charge is -2.43. The van der Waals surface area contributed by atoms with Crippen LogP contribution in [0.4, 0.5) is 4.79 Å². The van der Waals surface area contributed by atoms with Gasteiger partial charge in [-0.15, -0.1) is 0 Å². The fraction of sp³-hybridized carbons (Fsp3) is 0.414. The highest BCUT2D eigenvalue weighted by Crippen LogP contribution is 2.33. The van der Waals surface area contributed by atoms with Crippen LogP contribution in [-0.2, 0) is 9.53 Å². The first-order valence-electron chi connectivity index (χ1n) is 13.1. The summed E-state index contributed by atoms with van der Waals surface area (Å²) in [6, 6.07) is 13.8. The molecule has 0 unspecified atom stereocenters. The molecular formula is C29H35ClN4O4. The number of piperazine rings is 1. The Morgan fingerprint density at radius 3 is 2.34 bits per heavy atom. The fourth-order valence-corrected chi connectivity index (χ4v) is 5.24. The predicted octanol–water partition coefficient (Wildman–Crippen LogP) is 4.40. The van der Waals surface area contributed by atoms with E-state index in [1.807, 2.05) is 62.1 Å². The molecule has 202 valence electrons. The van der Waals surface area contributed by atoms with Crippen LogP contribution in [0.5, 0.6) is 0 Å². The molecule has 1 saturated heterocycles. The van der Waals surface area contributed by atoms with E-state index in [2.05, 4.69) is 10.2 Å². The minimum absolute atomic E-state index is 0.0126. The summed E-state index contributed by atoms with van der Waals surface area (Å²) < 4.78 is 5.46. The molecule has 0 aromatic heterocycles. The van der Waals surface area contributed by atoms with E-state index in [0.29, 0.717) is 54.6 Å². The Kier molecular flexibility index (Phi) is 8.74. The lowest BCUT2D eigenvalue weighted by Crippen LogP contribution is -2.56. The van der Waals surface area contributed by atoms with Crippen LogP contribution in [0, 0.1) is 6.92 Å². The molecule has 4 rings (SSSR count). The average molecular weight is 539 g/mol. The largest absolute Gasteiger partial charge is 0.463 e. The Morgan fingerprint density at radius 1 is 1.05 bits per heavy atom. The number of hydrogen-bond acceptors (Lipinski definition) is 5. The van der Waals surface area contributed by atoms with Crippen molar-refractivity contribution in [3.05, 3.63) is 81.5 Å². The molecule has 1 N–H and O–H groups in total. The molecule has 2 aromatic rings. The number of carbonyl (C=O) groups excluding carboxylic acids is 3. The summed E-state index contributed by atoms with van der Waals surface area (Å²) in [5.74, 6) is -0.444. The third-order valence-corrected chi connectivity index (χ3v) is 7.35. The van der Waals surface area contributed by atoms with Crippen LogP contribution < -0.4 is 5.32 Å². The minimum atomic E-state index is -0.654. The quantitative estimate of drug-likeness (QED) is 0.528. The van der Waals surface area contributed by atoms with Gasteiger partial charge in [-0.25, -0.2) is 9.59 Å². The summed E-state index contributed by atoms with van der Waals surface area (Å²) >= 11 is 6.09. The summed E-state index contributed by atoms with van der Waals surface area (Å²) in [7, 11) is 0. The Morgan fingerprint density at radius 2 is 1.74 bits per heavy atom. The first kappa shape index (κ1) is 27.7. The van der Waals surface area contributed by atoms with Crippen LogP contribution in [0.3, 0.4) is 0 Å². The Bertz CT molecular complexity index is 1210. The second-order valence-corrected chi connectivity index (χ2v) is 10.1. The van der Waals surface area contributed by atoms with E-state index in [4.69, 9.17) is 16.3 Å². The van der Waals surface area contributed by atoms with Gasteiger partial charge in [0.15, 0.2) is 0 Å². The van der Waals surface area contributed by atoms with E-state index in [1.165, 1.54) is 0 Å². The Hall–Kier alpha value is -3.36. The van der Waals surface area contributed by atoms with Gasteiger partial charge >= 0.3 is 12.0 Å². The number of likely N-dealkylation sites (N-methyl/N-ethyl adjacent to an activating group) is 1. The van der Waals surface area contributed by atoms with Crippen molar-refractivity contribution in [2.24, 2.45) is 0 Å². The van der Waals surface area contributed by atoms with Crippen LogP contribution in [0.2, 0.25) is 5.02 Å². The predicted molar refractivity (Wildman–Crippen MR) is 147 cm³/mol. The summed E-state index contributed by atoms with van der Waals surface area (Å²) in [4.78, 5) is 45.3. The van der Waals surface area contributed by atoms with E-state index in [1.54, 1.807) is 24.0 Å². The molecule has 0 spiro atoms. The molecular weight excluding hydrogens is 504 g/mol. The number of nitrogens with one attached hydrogen (secondary N) is 1. The maximum absolute atomic E-state index is 13.3. The van der Waals surface area contributed by atoms with Gasteiger partial charge in [-0.05, 0) is 57.5 Å². The Labute approximate surface area is 229 Å². The number of nitrogens with zero attached hydrogens (tertiary/aromatic N) is 3. The molecule has 2 aliphatic heterocycles. The number of benzene rings is 2. The second-order valence-electron chi connectivity index (χ2n) is 9.71. The Balaban J connectivity index is 1.62. The highest BCUT2D eigenvalue weighted by molar-refractivity contribution is 6.30. The molecule has 8 nitrogen and oxygen atoms in total. The van der Waals surface area contributed by atoms with Crippen molar-refractivity contribution in [3.63, 3.8) is 0 Å². The number of halogens is 1. The number of carbonyl (C=O) groups is 3. The number of hydrogen-bond donors (Lipinski definition) is 1. The average Bonchev–Trinajstić information content (AvgIpc) is 2.89. The second kappa shape index (κ2) is 12.0. The molecule has 1 fully saturated rings. The molecule has 2 aromatic carbocycles. The van der Waals surface area contributed by atoms with Crippen LogP contribution in [-0.4, -0.2) is 78.0 Å². The standard InChI is InChI=1S/C29H35ClN4O4/c1-5-33-24(18-32-15-16-34(20(4)17-32)27(35)22-9-7-19(3)8-10-22)25(28(36)38-6-2)26(31-29(33)37)21-11-13-23(30)14-12-21/h7-14,20,26H,5-6,15-18H2,1-4H3,(H,31,37)/t20-,26-/m1/s1. The molecule has 9 heteroatoms. The number of amides is 3. The van der Waals surface area contributed by atoms with E-state index >= 15 is 0 Å². The maximum Gasteiger partial charge on any atom is 0.338 e. The van der Waals surface area contributed by atoms with Crippen molar-refractivity contribution in [2.75, 3.05) is 39.3 Å². The molecule has 3 amide bonds. The molecule has 2 heterocycles. The molecule has 2 aliphatic rings. The third-order valence-electron chi connectivity index (χ3n) is 7.10. The number of aryl methyl sites for hydroxylation is 1. The van der Waals surface area contributed by atoms with Crippen LogP contribution in [0.1, 0.15) is 48.3 Å². The number of ether oxygens (including phenoxy) is 1. The summed E-state index contributed by atoms with van der Waals surface area (Å²) in [5.41, 5.74) is 3.58. The molecule has 0 radical (unpaired) electrons. The van der Waals surface area contributed by atoms with Crippen molar-refractivity contribution in [1.82, 2.24) is 20.0 Å².